The van der Waals surface area contributed by atoms with Gasteiger partial charge in [0.25, 0.3) is 0 Å². The highest BCUT2D eigenvalue weighted by Gasteiger charge is 2.27. The van der Waals surface area contributed by atoms with E-state index in [0.717, 1.165) is 30.2 Å². The second-order valence-electron chi connectivity index (χ2n) is 5.81. The van der Waals surface area contributed by atoms with Crippen LogP contribution < -0.4 is 9.64 Å². The first-order chi connectivity index (χ1) is 11.8. The monoisotopic (exact) mass is 320 g/mol. The Morgan fingerprint density at radius 3 is 2.67 bits per heavy atom. The SMILES string of the molecule is COc1cccc(-n2ccc([C@H]3OCCN3c3ccccc3)c2)c1. The minimum atomic E-state index is -0.0424. The van der Waals surface area contributed by atoms with E-state index in [1.165, 1.54) is 5.69 Å². The second kappa shape index (κ2) is 6.42. The number of rotatable bonds is 4. The number of anilines is 1. The van der Waals surface area contributed by atoms with Crippen LogP contribution in [0, 0.1) is 0 Å². The maximum absolute atomic E-state index is 5.99. The van der Waals surface area contributed by atoms with E-state index < -0.39 is 0 Å². The lowest BCUT2D eigenvalue weighted by Gasteiger charge is -2.24. The summed E-state index contributed by atoms with van der Waals surface area (Å²) in [6.45, 7) is 1.64. The molecule has 2 aromatic carbocycles. The maximum atomic E-state index is 5.99. The molecular formula is C20H20N2O2. The standard InChI is InChI=1S/C20H20N2O2/c1-23-19-9-5-8-18(14-19)21-11-10-16(15-21)20-22(12-13-24-20)17-6-3-2-4-7-17/h2-11,14-15,20H,12-13H2,1H3/t20-/m1/s1. The molecule has 0 amide bonds. The lowest BCUT2D eigenvalue weighted by molar-refractivity contribution is 0.114. The third kappa shape index (κ3) is 2.76. The Kier molecular flexibility index (Phi) is 3.97. The number of hydrogen-bond acceptors (Lipinski definition) is 3. The molecule has 0 unspecified atom stereocenters. The molecule has 1 saturated heterocycles. The topological polar surface area (TPSA) is 26.6 Å². The Balaban J connectivity index is 1.62. The normalized spacial score (nSPS) is 17.2. The Morgan fingerprint density at radius 2 is 1.83 bits per heavy atom. The fraction of sp³-hybridized carbons (Fsp3) is 0.200. The van der Waals surface area contributed by atoms with E-state index >= 15 is 0 Å². The number of methoxy groups -OCH3 is 1. The average Bonchev–Trinajstić information content (AvgIpc) is 3.31. The van der Waals surface area contributed by atoms with Crippen LogP contribution in [0.1, 0.15) is 11.8 Å². The Morgan fingerprint density at radius 1 is 1.00 bits per heavy atom. The molecule has 24 heavy (non-hydrogen) atoms. The number of aromatic nitrogens is 1. The van der Waals surface area contributed by atoms with Crippen molar-refractivity contribution in [2.45, 2.75) is 6.23 Å². The molecular weight excluding hydrogens is 300 g/mol. The van der Waals surface area contributed by atoms with Gasteiger partial charge in [-0.3, -0.25) is 0 Å². The fourth-order valence-electron chi connectivity index (χ4n) is 3.12. The molecule has 1 atom stereocenters. The quantitative estimate of drug-likeness (QED) is 0.726. The van der Waals surface area contributed by atoms with E-state index in [0.29, 0.717) is 0 Å². The van der Waals surface area contributed by atoms with Gasteiger partial charge < -0.3 is 18.9 Å². The van der Waals surface area contributed by atoms with Gasteiger partial charge in [-0.15, -0.1) is 0 Å². The zero-order valence-electron chi connectivity index (χ0n) is 13.6. The molecule has 0 N–H and O–H groups in total. The highest BCUT2D eigenvalue weighted by molar-refractivity contribution is 5.49. The van der Waals surface area contributed by atoms with Crippen molar-refractivity contribution in [2.24, 2.45) is 0 Å². The minimum absolute atomic E-state index is 0.0424. The van der Waals surface area contributed by atoms with E-state index in [1.807, 2.05) is 24.3 Å². The van der Waals surface area contributed by atoms with Crippen molar-refractivity contribution >= 4 is 5.69 Å². The van der Waals surface area contributed by atoms with Crippen molar-refractivity contribution in [3.05, 3.63) is 78.6 Å². The summed E-state index contributed by atoms with van der Waals surface area (Å²) in [5.74, 6) is 0.853. The molecule has 1 fully saturated rings. The highest BCUT2D eigenvalue weighted by Crippen LogP contribution is 2.32. The number of nitrogens with zero attached hydrogens (tertiary/aromatic N) is 2. The number of benzene rings is 2. The van der Waals surface area contributed by atoms with Crippen LogP contribution in [0.25, 0.3) is 5.69 Å². The molecule has 1 aromatic heterocycles. The van der Waals surface area contributed by atoms with Gasteiger partial charge in [-0.1, -0.05) is 24.3 Å². The molecule has 1 aliphatic heterocycles. The van der Waals surface area contributed by atoms with Gasteiger partial charge in [0.15, 0.2) is 6.23 Å². The van der Waals surface area contributed by atoms with Crippen molar-refractivity contribution in [3.63, 3.8) is 0 Å². The van der Waals surface area contributed by atoms with Gasteiger partial charge in [-0.2, -0.15) is 0 Å². The smallest absolute Gasteiger partial charge is 0.158 e. The minimum Gasteiger partial charge on any atom is -0.497 e. The van der Waals surface area contributed by atoms with E-state index in [1.54, 1.807) is 7.11 Å². The summed E-state index contributed by atoms with van der Waals surface area (Å²) < 4.78 is 13.4. The van der Waals surface area contributed by atoms with Crippen LogP contribution in [-0.2, 0) is 4.74 Å². The molecule has 0 radical (unpaired) electrons. The third-order valence-electron chi connectivity index (χ3n) is 4.33. The zero-order chi connectivity index (χ0) is 16.4. The van der Waals surface area contributed by atoms with Crippen LogP contribution >= 0.6 is 0 Å². The van der Waals surface area contributed by atoms with E-state index in [4.69, 9.17) is 9.47 Å². The lowest BCUT2D eigenvalue weighted by atomic mass is 10.2. The Hall–Kier alpha value is -2.72. The molecule has 122 valence electrons. The number of ether oxygens (including phenoxy) is 2. The van der Waals surface area contributed by atoms with Crippen molar-refractivity contribution in [2.75, 3.05) is 25.2 Å². The van der Waals surface area contributed by atoms with Gasteiger partial charge in [0.2, 0.25) is 0 Å². The molecule has 3 aromatic rings. The van der Waals surface area contributed by atoms with Gasteiger partial charge in [0.1, 0.15) is 5.75 Å². The van der Waals surface area contributed by atoms with Crippen molar-refractivity contribution < 1.29 is 9.47 Å². The van der Waals surface area contributed by atoms with E-state index in [2.05, 4.69) is 58.3 Å². The van der Waals surface area contributed by atoms with Crippen molar-refractivity contribution in [1.29, 1.82) is 0 Å². The summed E-state index contributed by atoms with van der Waals surface area (Å²) >= 11 is 0. The van der Waals surface area contributed by atoms with Gasteiger partial charge in [-0.25, -0.2) is 0 Å². The van der Waals surface area contributed by atoms with E-state index in [9.17, 15) is 0 Å². The maximum Gasteiger partial charge on any atom is 0.158 e. The molecule has 4 rings (SSSR count). The van der Waals surface area contributed by atoms with Crippen molar-refractivity contribution in [3.8, 4) is 11.4 Å². The fourth-order valence-corrected chi connectivity index (χ4v) is 3.12. The summed E-state index contributed by atoms with van der Waals surface area (Å²) in [5, 5.41) is 0. The molecule has 4 heteroatoms. The molecule has 0 spiro atoms. The Bertz CT molecular complexity index is 813. The Labute approximate surface area is 141 Å². The summed E-state index contributed by atoms with van der Waals surface area (Å²) in [6.07, 6.45) is 4.15. The largest absolute Gasteiger partial charge is 0.497 e. The first kappa shape index (κ1) is 14.8. The first-order valence-corrected chi connectivity index (χ1v) is 8.11. The van der Waals surface area contributed by atoms with E-state index in [-0.39, 0.29) is 6.23 Å². The summed E-state index contributed by atoms with van der Waals surface area (Å²) in [6, 6.07) is 20.6. The molecule has 0 bridgehead atoms. The van der Waals surface area contributed by atoms with Gasteiger partial charge in [0.05, 0.1) is 13.7 Å². The number of hydrogen-bond donors (Lipinski definition) is 0. The van der Waals surface area contributed by atoms with Crippen LogP contribution in [0.15, 0.2) is 73.1 Å². The van der Waals surface area contributed by atoms with Gasteiger partial charge in [-0.05, 0) is 30.3 Å². The molecule has 0 aliphatic carbocycles. The van der Waals surface area contributed by atoms with Gasteiger partial charge in [0, 0.05) is 41.9 Å². The number of para-hydroxylation sites is 1. The zero-order valence-corrected chi connectivity index (χ0v) is 13.6. The highest BCUT2D eigenvalue weighted by atomic mass is 16.5. The summed E-state index contributed by atoms with van der Waals surface area (Å²) in [4.78, 5) is 2.30. The second-order valence-corrected chi connectivity index (χ2v) is 5.81. The average molecular weight is 320 g/mol. The van der Waals surface area contributed by atoms with Crippen LogP contribution in [-0.4, -0.2) is 24.8 Å². The summed E-state index contributed by atoms with van der Waals surface area (Å²) in [7, 11) is 1.68. The van der Waals surface area contributed by atoms with Crippen LogP contribution in [0.2, 0.25) is 0 Å². The predicted octanol–water partition coefficient (Wildman–Crippen LogP) is 4.02. The molecule has 1 aliphatic rings. The predicted molar refractivity (Wildman–Crippen MR) is 94.8 cm³/mol. The molecule has 2 heterocycles. The van der Waals surface area contributed by atoms with Crippen LogP contribution in [0.3, 0.4) is 0 Å². The summed E-state index contributed by atoms with van der Waals surface area (Å²) in [5.41, 5.74) is 3.41. The van der Waals surface area contributed by atoms with Gasteiger partial charge >= 0.3 is 0 Å². The molecule has 4 nitrogen and oxygen atoms in total. The first-order valence-electron chi connectivity index (χ1n) is 8.11. The lowest BCUT2D eigenvalue weighted by Crippen LogP contribution is -2.22. The van der Waals surface area contributed by atoms with Crippen LogP contribution in [0.5, 0.6) is 5.75 Å². The van der Waals surface area contributed by atoms with Crippen LogP contribution in [0.4, 0.5) is 5.69 Å². The van der Waals surface area contributed by atoms with Crippen molar-refractivity contribution in [1.82, 2.24) is 4.57 Å². The third-order valence-corrected chi connectivity index (χ3v) is 4.33. The molecule has 0 saturated carbocycles.